The summed E-state index contributed by atoms with van der Waals surface area (Å²) < 4.78 is 0. The van der Waals surface area contributed by atoms with Crippen LogP contribution in [0.3, 0.4) is 0 Å². The third-order valence-electron chi connectivity index (χ3n) is 7.52. The molecule has 0 aromatic heterocycles. The molecule has 1 radical (unpaired) electrons. The number of unbranched alkanes of at least 4 members (excludes halogenated alkanes) is 26. The Morgan fingerprint density at radius 2 is 0.424 bits per heavy atom. The van der Waals surface area contributed by atoms with Crippen molar-refractivity contribution in [2.24, 2.45) is 0 Å². The third kappa shape index (κ3) is 32.5. The number of hydrogen-bond donors (Lipinski definition) is 0. The predicted octanol–water partition coefficient (Wildman–Crippen LogP) is 12.5. The van der Waals surface area contributed by atoms with Gasteiger partial charge in [0.15, 0.2) is 15.2 Å². The van der Waals surface area contributed by atoms with Crippen LogP contribution < -0.4 is 0 Å². The molecule has 0 aromatic rings. The summed E-state index contributed by atoms with van der Waals surface area (Å²) in [7, 11) is 0. The topological polar surface area (TPSA) is 0 Å². The second-order valence-corrected chi connectivity index (χ2v) is 12.8. The van der Waals surface area contributed by atoms with Gasteiger partial charge in [0, 0.05) is 0 Å². The SMILES string of the molecule is CCCCCCCCCCCCCCC[CH2][Al][CH2]CCCCCCCCCCCCCCC. The quantitative estimate of drug-likeness (QED) is 0.0712. The molecule has 0 heterocycles. The fraction of sp³-hybridized carbons (Fsp3) is 1.00. The first kappa shape index (κ1) is 33.5. The van der Waals surface area contributed by atoms with Crippen LogP contribution in [0.4, 0.5) is 0 Å². The highest BCUT2D eigenvalue weighted by molar-refractivity contribution is 6.35. The summed E-state index contributed by atoms with van der Waals surface area (Å²) in [5, 5.41) is 3.16. The van der Waals surface area contributed by atoms with Crippen molar-refractivity contribution in [1.82, 2.24) is 0 Å². The summed E-state index contributed by atoms with van der Waals surface area (Å²) in [5.74, 6) is 0. The molecule has 0 aliphatic carbocycles. The van der Waals surface area contributed by atoms with Crippen molar-refractivity contribution >= 4 is 15.2 Å². The lowest BCUT2D eigenvalue weighted by Gasteiger charge is -2.04. The van der Waals surface area contributed by atoms with Gasteiger partial charge >= 0.3 is 0 Å². The molecule has 0 bridgehead atoms. The highest BCUT2D eigenvalue weighted by Crippen LogP contribution is 2.15. The first-order valence-corrected chi connectivity index (χ1v) is 17.9. The van der Waals surface area contributed by atoms with Crippen LogP contribution in [0.25, 0.3) is 0 Å². The fourth-order valence-electron chi connectivity index (χ4n) is 5.11. The van der Waals surface area contributed by atoms with Crippen LogP contribution in [0.2, 0.25) is 10.6 Å². The molecule has 0 fully saturated rings. The van der Waals surface area contributed by atoms with E-state index in [1.807, 2.05) is 0 Å². The highest BCUT2D eigenvalue weighted by atomic mass is 27.1. The molecule has 0 aliphatic rings. The van der Waals surface area contributed by atoms with E-state index < -0.39 is 0 Å². The Morgan fingerprint density at radius 1 is 0.242 bits per heavy atom. The van der Waals surface area contributed by atoms with Crippen LogP contribution >= 0.6 is 0 Å². The molecule has 0 atom stereocenters. The van der Waals surface area contributed by atoms with Gasteiger partial charge in [-0.1, -0.05) is 194 Å². The van der Waals surface area contributed by atoms with Crippen LogP contribution in [0, 0.1) is 0 Å². The van der Waals surface area contributed by atoms with Gasteiger partial charge in [0.1, 0.15) is 0 Å². The molecule has 0 saturated carbocycles. The number of hydrogen-bond acceptors (Lipinski definition) is 0. The molecule has 0 aromatic carbocycles. The van der Waals surface area contributed by atoms with Gasteiger partial charge in [-0.25, -0.2) is 0 Å². The van der Waals surface area contributed by atoms with Crippen LogP contribution in [-0.4, -0.2) is 15.2 Å². The maximum atomic E-state index is 2.31. The minimum absolute atomic E-state index is 0.771. The molecule has 0 saturated heterocycles. The van der Waals surface area contributed by atoms with E-state index in [0.717, 1.165) is 15.2 Å². The lowest BCUT2D eigenvalue weighted by Crippen LogP contribution is -1.90. The van der Waals surface area contributed by atoms with Crippen LogP contribution in [0.15, 0.2) is 0 Å². The van der Waals surface area contributed by atoms with E-state index in [4.69, 9.17) is 0 Å². The molecule has 0 nitrogen and oxygen atoms in total. The molecule has 33 heavy (non-hydrogen) atoms. The predicted molar refractivity (Wildman–Crippen MR) is 156 cm³/mol. The first-order chi connectivity index (χ1) is 16.4. The zero-order valence-corrected chi connectivity index (χ0v) is 24.9. The molecule has 0 spiro atoms. The standard InChI is InChI=1S/2C16H33.Al/c2*1-3-5-7-9-11-13-15-16-14-12-10-8-6-4-2;/h2*1,3-16H2,2H3;. The van der Waals surface area contributed by atoms with Crippen molar-refractivity contribution in [2.75, 3.05) is 0 Å². The van der Waals surface area contributed by atoms with Crippen molar-refractivity contribution < 1.29 is 0 Å². The molecule has 0 amide bonds. The molecule has 0 unspecified atom stereocenters. The van der Waals surface area contributed by atoms with E-state index in [0.29, 0.717) is 0 Å². The second-order valence-electron chi connectivity index (χ2n) is 11.1. The summed E-state index contributed by atoms with van der Waals surface area (Å²) >= 11 is 0.771. The minimum atomic E-state index is 0.771. The fourth-order valence-corrected chi connectivity index (χ4v) is 6.55. The van der Waals surface area contributed by atoms with E-state index >= 15 is 0 Å². The van der Waals surface area contributed by atoms with E-state index in [2.05, 4.69) is 13.8 Å². The van der Waals surface area contributed by atoms with Crippen molar-refractivity contribution in [3.8, 4) is 0 Å². The number of rotatable bonds is 30. The van der Waals surface area contributed by atoms with Gasteiger partial charge in [0.2, 0.25) is 0 Å². The van der Waals surface area contributed by atoms with Crippen molar-refractivity contribution in [3.05, 3.63) is 0 Å². The summed E-state index contributed by atoms with van der Waals surface area (Å²) in [5.41, 5.74) is 0. The molecular weight excluding hydrogens is 411 g/mol. The van der Waals surface area contributed by atoms with Crippen LogP contribution in [0.5, 0.6) is 0 Å². The van der Waals surface area contributed by atoms with Gasteiger partial charge in [-0.2, -0.15) is 0 Å². The molecule has 1 heteroatoms. The Kier molecular flexibility index (Phi) is 33.1. The van der Waals surface area contributed by atoms with Crippen LogP contribution in [0.1, 0.15) is 194 Å². The zero-order chi connectivity index (χ0) is 23.9. The average Bonchev–Trinajstić information content (AvgIpc) is 2.83. The van der Waals surface area contributed by atoms with Gasteiger partial charge in [-0.3, -0.25) is 0 Å². The maximum absolute atomic E-state index is 2.31. The van der Waals surface area contributed by atoms with Crippen molar-refractivity contribution in [3.63, 3.8) is 0 Å². The lowest BCUT2D eigenvalue weighted by molar-refractivity contribution is 0.537. The van der Waals surface area contributed by atoms with E-state index in [9.17, 15) is 0 Å². The Morgan fingerprint density at radius 3 is 0.636 bits per heavy atom. The third-order valence-corrected chi connectivity index (χ3v) is 9.16. The first-order valence-electron chi connectivity index (χ1n) is 16.2. The monoisotopic (exact) mass is 477 g/mol. The summed E-state index contributed by atoms with van der Waals surface area (Å²) in [4.78, 5) is 0. The normalized spacial score (nSPS) is 11.3. The van der Waals surface area contributed by atoms with E-state index in [1.54, 1.807) is 10.6 Å². The largest absolute Gasteiger partial charge is 0.199 e. The summed E-state index contributed by atoms with van der Waals surface area (Å²) in [6.45, 7) is 4.62. The minimum Gasteiger partial charge on any atom is -0.104 e. The maximum Gasteiger partial charge on any atom is 0.199 e. The van der Waals surface area contributed by atoms with E-state index in [-0.39, 0.29) is 0 Å². The highest BCUT2D eigenvalue weighted by Gasteiger charge is 1.97. The van der Waals surface area contributed by atoms with Gasteiger partial charge in [-0.15, -0.1) is 10.6 Å². The van der Waals surface area contributed by atoms with Gasteiger partial charge in [0.25, 0.3) is 0 Å². The van der Waals surface area contributed by atoms with Crippen molar-refractivity contribution in [2.45, 2.75) is 204 Å². The smallest absolute Gasteiger partial charge is 0.104 e. The average molecular weight is 478 g/mol. The summed E-state index contributed by atoms with van der Waals surface area (Å²) in [6, 6.07) is 0. The van der Waals surface area contributed by atoms with Crippen LogP contribution in [-0.2, 0) is 0 Å². The molecule has 197 valence electrons. The molecular formula is C32H66Al. The Labute approximate surface area is 219 Å². The van der Waals surface area contributed by atoms with E-state index in [1.165, 1.54) is 180 Å². The summed E-state index contributed by atoms with van der Waals surface area (Å²) in [6.07, 6.45) is 41.6. The molecule has 0 rings (SSSR count). The Bertz CT molecular complexity index is 284. The zero-order valence-electron chi connectivity index (χ0n) is 23.8. The molecule has 0 aliphatic heterocycles. The Balaban J connectivity index is 2.99. The second kappa shape index (κ2) is 32.5. The van der Waals surface area contributed by atoms with Gasteiger partial charge in [0.05, 0.1) is 0 Å². The van der Waals surface area contributed by atoms with Gasteiger partial charge < -0.3 is 0 Å². The van der Waals surface area contributed by atoms with Gasteiger partial charge in [-0.05, 0) is 0 Å². The lowest BCUT2D eigenvalue weighted by atomic mass is 10.0. The Hall–Kier alpha value is 0.532. The molecule has 0 N–H and O–H groups in total. The van der Waals surface area contributed by atoms with Crippen molar-refractivity contribution in [1.29, 1.82) is 0 Å².